The largest absolute Gasteiger partial charge is 0.332 e. The zero-order chi connectivity index (χ0) is 20.3. The van der Waals surface area contributed by atoms with Crippen LogP contribution in [0.2, 0.25) is 5.02 Å². The SMILES string of the molecule is Cc1cc(NC(=S)Nc2ccc([N+](=O)[O-])cc2)nn1Cc1ccc(F)cc1Cl. The Kier molecular flexibility index (Phi) is 5.86. The van der Waals surface area contributed by atoms with E-state index < -0.39 is 10.7 Å². The minimum absolute atomic E-state index is 0.00162. The third kappa shape index (κ3) is 4.81. The molecule has 0 amide bonds. The van der Waals surface area contributed by atoms with Gasteiger partial charge in [0, 0.05) is 34.6 Å². The van der Waals surface area contributed by atoms with Crippen molar-refractivity contribution in [3.05, 3.63) is 80.7 Å². The minimum atomic E-state index is -0.469. The van der Waals surface area contributed by atoms with Crippen molar-refractivity contribution < 1.29 is 9.31 Å². The van der Waals surface area contributed by atoms with Gasteiger partial charge in [-0.2, -0.15) is 5.10 Å². The van der Waals surface area contributed by atoms with Gasteiger partial charge in [0.1, 0.15) is 5.82 Å². The van der Waals surface area contributed by atoms with Gasteiger partial charge in [-0.15, -0.1) is 0 Å². The van der Waals surface area contributed by atoms with E-state index in [1.807, 2.05) is 6.92 Å². The van der Waals surface area contributed by atoms with Crippen molar-refractivity contribution in [2.45, 2.75) is 13.5 Å². The first-order valence-electron chi connectivity index (χ1n) is 8.12. The van der Waals surface area contributed by atoms with Crippen LogP contribution in [0.3, 0.4) is 0 Å². The second-order valence-electron chi connectivity index (χ2n) is 5.95. The van der Waals surface area contributed by atoms with E-state index in [1.165, 1.54) is 24.3 Å². The Hall–Kier alpha value is -3.04. The molecule has 0 atom stereocenters. The quantitative estimate of drug-likeness (QED) is 0.352. The summed E-state index contributed by atoms with van der Waals surface area (Å²) in [5.74, 6) is 0.131. The van der Waals surface area contributed by atoms with Crippen molar-refractivity contribution in [3.63, 3.8) is 0 Å². The lowest BCUT2D eigenvalue weighted by Gasteiger charge is -2.09. The van der Waals surface area contributed by atoms with Gasteiger partial charge in [0.25, 0.3) is 5.69 Å². The third-order valence-corrected chi connectivity index (χ3v) is 4.45. The molecule has 0 aliphatic rings. The fourth-order valence-corrected chi connectivity index (χ4v) is 2.94. The maximum atomic E-state index is 13.2. The summed E-state index contributed by atoms with van der Waals surface area (Å²) in [6, 6.07) is 11.9. The summed E-state index contributed by atoms with van der Waals surface area (Å²) in [4.78, 5) is 10.2. The highest BCUT2D eigenvalue weighted by molar-refractivity contribution is 7.80. The Bertz CT molecular complexity index is 1040. The highest BCUT2D eigenvalue weighted by Gasteiger charge is 2.10. The molecule has 0 aliphatic carbocycles. The first kappa shape index (κ1) is 19.7. The normalized spacial score (nSPS) is 10.5. The van der Waals surface area contributed by atoms with Crippen LogP contribution in [0.5, 0.6) is 0 Å². The molecule has 0 saturated heterocycles. The van der Waals surface area contributed by atoms with Gasteiger partial charge < -0.3 is 10.6 Å². The zero-order valence-corrected chi connectivity index (χ0v) is 16.2. The molecule has 28 heavy (non-hydrogen) atoms. The molecule has 0 bridgehead atoms. The molecular formula is C18H15ClFN5O2S. The highest BCUT2D eigenvalue weighted by atomic mass is 35.5. The summed E-state index contributed by atoms with van der Waals surface area (Å²) in [5, 5.41) is 21.6. The van der Waals surface area contributed by atoms with Crippen LogP contribution in [-0.2, 0) is 6.54 Å². The number of anilines is 2. The Morgan fingerprint density at radius 3 is 2.61 bits per heavy atom. The number of nitrogens with one attached hydrogen (secondary N) is 2. The number of hydrogen-bond donors (Lipinski definition) is 2. The van der Waals surface area contributed by atoms with Crippen LogP contribution in [-0.4, -0.2) is 19.8 Å². The average molecular weight is 420 g/mol. The van der Waals surface area contributed by atoms with Crippen molar-refractivity contribution in [1.29, 1.82) is 0 Å². The van der Waals surface area contributed by atoms with Crippen LogP contribution in [0.15, 0.2) is 48.5 Å². The first-order chi connectivity index (χ1) is 13.3. The van der Waals surface area contributed by atoms with Gasteiger partial charge in [-0.1, -0.05) is 17.7 Å². The van der Waals surface area contributed by atoms with Gasteiger partial charge in [0.2, 0.25) is 0 Å². The molecule has 144 valence electrons. The van der Waals surface area contributed by atoms with Crippen LogP contribution in [0, 0.1) is 22.9 Å². The zero-order valence-electron chi connectivity index (χ0n) is 14.6. The van der Waals surface area contributed by atoms with Crippen molar-refractivity contribution in [3.8, 4) is 0 Å². The van der Waals surface area contributed by atoms with E-state index in [0.717, 1.165) is 11.3 Å². The van der Waals surface area contributed by atoms with Crippen molar-refractivity contribution >= 4 is 46.1 Å². The van der Waals surface area contributed by atoms with Crippen LogP contribution in [0.25, 0.3) is 0 Å². The minimum Gasteiger partial charge on any atom is -0.332 e. The predicted molar refractivity (Wildman–Crippen MR) is 110 cm³/mol. The van der Waals surface area contributed by atoms with E-state index in [1.54, 1.807) is 28.9 Å². The number of benzene rings is 2. The number of non-ortho nitro benzene ring substituents is 1. The summed E-state index contributed by atoms with van der Waals surface area (Å²) < 4.78 is 14.9. The molecule has 2 aromatic carbocycles. The molecule has 7 nitrogen and oxygen atoms in total. The number of nitro groups is 1. The molecule has 1 aromatic heterocycles. The van der Waals surface area contributed by atoms with E-state index in [-0.39, 0.29) is 5.69 Å². The van der Waals surface area contributed by atoms with E-state index >= 15 is 0 Å². The highest BCUT2D eigenvalue weighted by Crippen LogP contribution is 2.20. The standard InChI is InChI=1S/C18H15ClFN5O2S/c1-11-8-17(23-24(11)10-12-2-3-13(20)9-16(12)19)22-18(28)21-14-4-6-15(7-5-14)25(26)27/h2-9H,10H2,1H3,(H2,21,22,23,28). The third-order valence-electron chi connectivity index (χ3n) is 3.89. The molecular weight excluding hydrogens is 405 g/mol. The Morgan fingerprint density at radius 2 is 1.96 bits per heavy atom. The van der Waals surface area contributed by atoms with Crippen LogP contribution in [0.1, 0.15) is 11.3 Å². The van der Waals surface area contributed by atoms with Crippen molar-refractivity contribution in [2.75, 3.05) is 10.6 Å². The molecule has 1 heterocycles. The molecule has 3 aromatic rings. The summed E-state index contributed by atoms with van der Waals surface area (Å²) >= 11 is 11.3. The lowest BCUT2D eigenvalue weighted by atomic mass is 10.2. The van der Waals surface area contributed by atoms with Crippen molar-refractivity contribution in [1.82, 2.24) is 9.78 Å². The summed E-state index contributed by atoms with van der Waals surface area (Å²) in [7, 11) is 0. The number of rotatable bonds is 5. The number of hydrogen-bond acceptors (Lipinski definition) is 4. The summed E-state index contributed by atoms with van der Waals surface area (Å²) in [6.07, 6.45) is 0. The molecule has 0 saturated carbocycles. The molecule has 3 rings (SSSR count). The monoisotopic (exact) mass is 419 g/mol. The van der Waals surface area contributed by atoms with Gasteiger partial charge in [-0.3, -0.25) is 14.8 Å². The molecule has 0 aliphatic heterocycles. The smallest absolute Gasteiger partial charge is 0.269 e. The average Bonchev–Trinajstić information content (AvgIpc) is 2.96. The molecule has 0 radical (unpaired) electrons. The molecule has 0 spiro atoms. The Labute approximate surface area is 170 Å². The fraction of sp³-hybridized carbons (Fsp3) is 0.111. The number of halogens is 2. The Morgan fingerprint density at radius 1 is 1.25 bits per heavy atom. The number of thiocarbonyl (C=S) groups is 1. The van der Waals surface area contributed by atoms with Gasteiger partial charge in [-0.25, -0.2) is 4.39 Å². The van der Waals surface area contributed by atoms with E-state index in [4.69, 9.17) is 23.8 Å². The second kappa shape index (κ2) is 8.32. The van der Waals surface area contributed by atoms with E-state index in [2.05, 4.69) is 15.7 Å². The van der Waals surface area contributed by atoms with Crippen LogP contribution >= 0.6 is 23.8 Å². The summed E-state index contributed by atoms with van der Waals surface area (Å²) in [5.41, 5.74) is 2.21. The lowest BCUT2D eigenvalue weighted by Crippen LogP contribution is -2.19. The van der Waals surface area contributed by atoms with Gasteiger partial charge in [0.05, 0.1) is 11.5 Å². The number of nitrogens with zero attached hydrogens (tertiary/aromatic N) is 3. The molecule has 0 unspecified atom stereocenters. The molecule has 0 fully saturated rings. The number of nitro benzene ring substituents is 1. The number of aromatic nitrogens is 2. The van der Waals surface area contributed by atoms with Crippen LogP contribution < -0.4 is 10.6 Å². The fourth-order valence-electron chi connectivity index (χ4n) is 2.49. The number of aryl methyl sites for hydroxylation is 1. The Balaban J connectivity index is 1.65. The second-order valence-corrected chi connectivity index (χ2v) is 6.76. The lowest BCUT2D eigenvalue weighted by molar-refractivity contribution is -0.384. The van der Waals surface area contributed by atoms with E-state index in [9.17, 15) is 14.5 Å². The first-order valence-corrected chi connectivity index (χ1v) is 8.91. The molecule has 2 N–H and O–H groups in total. The molecule has 10 heteroatoms. The summed E-state index contributed by atoms with van der Waals surface area (Å²) in [6.45, 7) is 2.26. The maximum Gasteiger partial charge on any atom is 0.269 e. The van der Waals surface area contributed by atoms with Gasteiger partial charge in [0.15, 0.2) is 10.9 Å². The van der Waals surface area contributed by atoms with Gasteiger partial charge in [-0.05, 0) is 49.0 Å². The van der Waals surface area contributed by atoms with E-state index in [0.29, 0.717) is 28.2 Å². The topological polar surface area (TPSA) is 85.0 Å². The van der Waals surface area contributed by atoms with Gasteiger partial charge >= 0.3 is 0 Å². The maximum absolute atomic E-state index is 13.2. The predicted octanol–water partition coefficient (Wildman–Crippen LogP) is 4.75. The van der Waals surface area contributed by atoms with Crippen LogP contribution in [0.4, 0.5) is 21.6 Å². The van der Waals surface area contributed by atoms with Crippen molar-refractivity contribution in [2.24, 2.45) is 0 Å².